The molecule has 0 aromatic carbocycles. The summed E-state index contributed by atoms with van der Waals surface area (Å²) in [5.74, 6) is -1.31. The molecule has 0 heterocycles. The van der Waals surface area contributed by atoms with Crippen LogP contribution in [0.1, 0.15) is 20.8 Å². The van der Waals surface area contributed by atoms with Gasteiger partial charge in [-0.2, -0.15) is 5.26 Å². The number of nitriles is 1. The second-order valence-electron chi connectivity index (χ2n) is 3.03. The van der Waals surface area contributed by atoms with Crippen molar-refractivity contribution in [3.05, 3.63) is 0 Å². The van der Waals surface area contributed by atoms with Crippen molar-refractivity contribution in [1.29, 1.82) is 5.26 Å². The fourth-order valence-corrected chi connectivity index (χ4v) is 1.07. The Labute approximate surface area is 83.7 Å². The lowest BCUT2D eigenvalue weighted by Crippen LogP contribution is -2.46. The maximum atomic E-state index is 11.4. The lowest BCUT2D eigenvalue weighted by molar-refractivity contribution is -0.146. The van der Waals surface area contributed by atoms with Gasteiger partial charge in [-0.3, -0.25) is 9.59 Å². The molecule has 0 aliphatic rings. The Bertz CT molecular complexity index is 255. The van der Waals surface area contributed by atoms with E-state index in [2.05, 4.69) is 5.32 Å². The van der Waals surface area contributed by atoms with E-state index in [4.69, 9.17) is 5.26 Å². The molecule has 0 aliphatic carbocycles. The Morgan fingerprint density at radius 1 is 1.50 bits per heavy atom. The second-order valence-corrected chi connectivity index (χ2v) is 3.03. The third-order valence-corrected chi connectivity index (χ3v) is 1.75. The minimum atomic E-state index is -0.720. The minimum absolute atomic E-state index is 0.0136. The summed E-state index contributed by atoms with van der Waals surface area (Å²) in [4.78, 5) is 24.0. The Morgan fingerprint density at radius 3 is 2.43 bits per heavy atom. The predicted molar refractivity (Wildman–Crippen MR) is 51.1 cm³/mol. The van der Waals surface area contributed by atoms with E-state index in [9.17, 15) is 9.59 Å². The van der Waals surface area contributed by atoms with Gasteiger partial charge in [-0.05, 0) is 20.8 Å². The highest BCUT2D eigenvalue weighted by atomic mass is 16.2. The average Bonchev–Trinajstić information content (AvgIpc) is 2.14. The number of carbonyl (C=O) groups excluding carboxylic acids is 2. The Balaban J connectivity index is 4.29. The van der Waals surface area contributed by atoms with Crippen LogP contribution in [-0.2, 0) is 9.59 Å². The summed E-state index contributed by atoms with van der Waals surface area (Å²) in [6.45, 7) is 5.81. The van der Waals surface area contributed by atoms with Gasteiger partial charge in [0.15, 0.2) is 0 Å². The van der Waals surface area contributed by atoms with Crippen LogP contribution in [-0.4, -0.2) is 35.8 Å². The Hall–Kier alpha value is -1.57. The minimum Gasteiger partial charge on any atom is -0.335 e. The molecule has 1 N–H and O–H groups in total. The number of rotatable bonds is 3. The molecule has 0 aromatic rings. The molecule has 0 spiro atoms. The number of likely N-dealkylation sites (N-methyl/N-ethyl adjacent to an activating group) is 1. The number of nitrogens with one attached hydrogen (secondary N) is 1. The number of hydrogen-bond donors (Lipinski definition) is 1. The lowest BCUT2D eigenvalue weighted by atomic mass is 10.3. The van der Waals surface area contributed by atoms with Crippen molar-refractivity contribution in [2.75, 3.05) is 13.1 Å². The molecule has 0 radical (unpaired) electrons. The van der Waals surface area contributed by atoms with Crippen molar-refractivity contribution in [1.82, 2.24) is 10.2 Å². The summed E-state index contributed by atoms with van der Waals surface area (Å²) in [6.07, 6.45) is 0. The molecule has 5 nitrogen and oxygen atoms in total. The molecule has 0 aliphatic heterocycles. The number of amides is 2. The summed E-state index contributed by atoms with van der Waals surface area (Å²) in [7, 11) is 0. The van der Waals surface area contributed by atoms with Crippen molar-refractivity contribution < 1.29 is 9.59 Å². The van der Waals surface area contributed by atoms with Crippen molar-refractivity contribution in [2.45, 2.75) is 26.8 Å². The van der Waals surface area contributed by atoms with Crippen LogP contribution < -0.4 is 5.32 Å². The fraction of sp³-hybridized carbons (Fsp3) is 0.667. The van der Waals surface area contributed by atoms with Gasteiger partial charge in [0.05, 0.1) is 6.07 Å². The van der Waals surface area contributed by atoms with Crippen molar-refractivity contribution in [2.24, 2.45) is 0 Å². The first-order valence-electron chi connectivity index (χ1n) is 4.50. The van der Waals surface area contributed by atoms with Crippen molar-refractivity contribution in [3.63, 3.8) is 0 Å². The molecular formula is C9H15N3O2. The summed E-state index contributed by atoms with van der Waals surface area (Å²) < 4.78 is 0. The molecule has 0 bridgehead atoms. The van der Waals surface area contributed by atoms with E-state index in [-0.39, 0.29) is 12.6 Å². The van der Waals surface area contributed by atoms with E-state index >= 15 is 0 Å². The zero-order valence-electron chi connectivity index (χ0n) is 8.70. The maximum absolute atomic E-state index is 11.4. The van der Waals surface area contributed by atoms with Gasteiger partial charge < -0.3 is 10.2 Å². The van der Waals surface area contributed by atoms with Crippen LogP contribution in [0.4, 0.5) is 0 Å². The third-order valence-electron chi connectivity index (χ3n) is 1.75. The molecule has 0 rings (SSSR count). The number of hydrogen-bond acceptors (Lipinski definition) is 3. The van der Waals surface area contributed by atoms with E-state index in [0.29, 0.717) is 6.54 Å². The topological polar surface area (TPSA) is 73.2 Å². The molecule has 5 heteroatoms. The van der Waals surface area contributed by atoms with Gasteiger partial charge >= 0.3 is 11.8 Å². The SMILES string of the molecule is CCN(C(=O)C(=O)NCC#N)C(C)C. The molecule has 78 valence electrons. The average molecular weight is 197 g/mol. The van der Waals surface area contributed by atoms with Gasteiger partial charge in [-0.15, -0.1) is 0 Å². The van der Waals surface area contributed by atoms with Crippen LogP contribution in [0.5, 0.6) is 0 Å². The van der Waals surface area contributed by atoms with E-state index in [0.717, 1.165) is 0 Å². The molecule has 14 heavy (non-hydrogen) atoms. The van der Waals surface area contributed by atoms with E-state index < -0.39 is 11.8 Å². The van der Waals surface area contributed by atoms with Crippen LogP contribution in [0.3, 0.4) is 0 Å². The molecule has 0 saturated carbocycles. The van der Waals surface area contributed by atoms with E-state index in [1.807, 2.05) is 13.8 Å². The summed E-state index contributed by atoms with van der Waals surface area (Å²) >= 11 is 0. The zero-order chi connectivity index (χ0) is 11.1. The van der Waals surface area contributed by atoms with Gasteiger partial charge in [-0.25, -0.2) is 0 Å². The second kappa shape index (κ2) is 5.97. The third kappa shape index (κ3) is 3.44. The molecule has 0 aromatic heterocycles. The lowest BCUT2D eigenvalue weighted by Gasteiger charge is -2.23. The van der Waals surface area contributed by atoms with E-state index in [1.54, 1.807) is 13.0 Å². The van der Waals surface area contributed by atoms with Gasteiger partial charge in [0.2, 0.25) is 0 Å². The molecule has 0 unspecified atom stereocenters. The monoisotopic (exact) mass is 197 g/mol. The highest BCUT2D eigenvalue weighted by Crippen LogP contribution is 1.97. The molecule has 0 saturated heterocycles. The first-order chi connectivity index (χ1) is 6.54. The van der Waals surface area contributed by atoms with Gasteiger partial charge in [-0.1, -0.05) is 0 Å². The largest absolute Gasteiger partial charge is 0.335 e. The normalized spacial score (nSPS) is 9.36. The summed E-state index contributed by atoms with van der Waals surface area (Å²) in [5, 5.41) is 10.4. The van der Waals surface area contributed by atoms with Gasteiger partial charge in [0.25, 0.3) is 0 Å². The summed E-state index contributed by atoms with van der Waals surface area (Å²) in [6, 6.07) is 1.72. The molecule has 0 fully saturated rings. The van der Waals surface area contributed by atoms with Crippen molar-refractivity contribution in [3.8, 4) is 6.07 Å². The predicted octanol–water partition coefficient (Wildman–Crippen LogP) is -0.117. The number of carbonyl (C=O) groups is 2. The smallest absolute Gasteiger partial charge is 0.312 e. The van der Waals surface area contributed by atoms with Gasteiger partial charge in [0.1, 0.15) is 6.54 Å². The molecular weight excluding hydrogens is 182 g/mol. The highest BCUT2D eigenvalue weighted by molar-refractivity contribution is 6.35. The van der Waals surface area contributed by atoms with Crippen molar-refractivity contribution >= 4 is 11.8 Å². The quantitative estimate of drug-likeness (QED) is 0.506. The zero-order valence-corrected chi connectivity index (χ0v) is 8.70. The van der Waals surface area contributed by atoms with Crippen LogP contribution in [0.2, 0.25) is 0 Å². The standard InChI is InChI=1S/C9H15N3O2/c1-4-12(7(2)3)9(14)8(13)11-6-5-10/h7H,4,6H2,1-3H3,(H,11,13). The van der Waals surface area contributed by atoms with E-state index in [1.165, 1.54) is 4.90 Å². The van der Waals surface area contributed by atoms with Gasteiger partial charge in [0, 0.05) is 12.6 Å². The highest BCUT2D eigenvalue weighted by Gasteiger charge is 2.21. The Morgan fingerprint density at radius 2 is 2.07 bits per heavy atom. The Kier molecular flexibility index (Phi) is 5.30. The van der Waals surface area contributed by atoms with Crippen LogP contribution in [0.15, 0.2) is 0 Å². The first-order valence-corrected chi connectivity index (χ1v) is 4.50. The maximum Gasteiger partial charge on any atom is 0.312 e. The van der Waals surface area contributed by atoms with Crippen LogP contribution in [0.25, 0.3) is 0 Å². The first kappa shape index (κ1) is 12.4. The summed E-state index contributed by atoms with van der Waals surface area (Å²) in [5.41, 5.74) is 0. The van der Waals surface area contributed by atoms with Crippen LogP contribution >= 0.6 is 0 Å². The molecule has 2 amide bonds. The van der Waals surface area contributed by atoms with Crippen LogP contribution in [0, 0.1) is 11.3 Å². The molecule has 0 atom stereocenters. The fourth-order valence-electron chi connectivity index (χ4n) is 1.07. The number of nitrogens with zero attached hydrogens (tertiary/aromatic N) is 2.